The highest BCUT2D eigenvalue weighted by Gasteiger charge is 1.97. The fourth-order valence-electron chi connectivity index (χ4n) is 0.868. The monoisotopic (exact) mass is 250 g/mol. The number of nitrogen functional groups attached to an aromatic ring is 1. The average Bonchev–Trinajstić information content (AvgIpc) is 2.14. The van der Waals surface area contributed by atoms with Gasteiger partial charge in [0.1, 0.15) is 0 Å². The highest BCUT2D eigenvalue weighted by Crippen LogP contribution is 2.14. The van der Waals surface area contributed by atoms with Crippen molar-refractivity contribution in [1.29, 1.82) is 0 Å². The zero-order chi connectivity index (χ0) is 12.8. The molecule has 0 saturated carbocycles. The number of nitrogens with two attached hydrogens (primary N) is 1. The first kappa shape index (κ1) is 14.6. The van der Waals surface area contributed by atoms with Crippen molar-refractivity contribution in [2.24, 2.45) is 0 Å². The van der Waals surface area contributed by atoms with E-state index in [1.54, 1.807) is 18.2 Å². The number of hydrogen-bond acceptors (Lipinski definition) is 5. The second kappa shape index (κ2) is 6.28. The summed E-state index contributed by atoms with van der Waals surface area (Å²) in [5, 5.41) is 10.4. The number of hydroxylamine groups is 1. The Morgan fingerprint density at radius 2 is 1.88 bits per heavy atom. The zero-order valence-corrected chi connectivity index (χ0v) is 9.42. The van der Waals surface area contributed by atoms with Crippen LogP contribution in [0.2, 0.25) is 0 Å². The standard InChI is InChI=1S/C8H12N2O.H2O4S/c1-2-10(11)8-5-3-4-7(9)6-8;1-5(2,3)4/h3-6,11H,2,9H2,1H3;(H2,1,2,3,4). The Labute approximate surface area is 93.6 Å². The Bertz CT molecular complexity index is 412. The molecule has 0 amide bonds. The number of hydrogen-bond donors (Lipinski definition) is 4. The van der Waals surface area contributed by atoms with Crippen molar-refractivity contribution < 1.29 is 22.7 Å². The summed E-state index contributed by atoms with van der Waals surface area (Å²) in [6.07, 6.45) is 0. The van der Waals surface area contributed by atoms with Crippen molar-refractivity contribution in [3.05, 3.63) is 24.3 Å². The Balaban J connectivity index is 0.000000385. The molecule has 8 heteroatoms. The molecule has 0 saturated heterocycles. The fourth-order valence-corrected chi connectivity index (χ4v) is 0.868. The largest absolute Gasteiger partial charge is 0.399 e. The molecule has 0 heterocycles. The van der Waals surface area contributed by atoms with Crippen molar-refractivity contribution in [2.45, 2.75) is 6.92 Å². The number of benzene rings is 1. The van der Waals surface area contributed by atoms with Gasteiger partial charge in [-0.2, -0.15) is 8.42 Å². The summed E-state index contributed by atoms with van der Waals surface area (Å²) in [7, 11) is -4.67. The molecule has 0 aliphatic carbocycles. The normalized spacial score (nSPS) is 10.2. The number of anilines is 2. The molecule has 0 spiro atoms. The number of nitrogens with zero attached hydrogens (tertiary/aromatic N) is 1. The Hall–Kier alpha value is -1.35. The molecular formula is C8H14N2O5S. The molecule has 0 bridgehead atoms. The van der Waals surface area contributed by atoms with Crippen LogP contribution in [0.5, 0.6) is 0 Å². The molecule has 0 radical (unpaired) electrons. The SMILES string of the molecule is CCN(O)c1cccc(N)c1.O=S(=O)(O)O. The quantitative estimate of drug-likeness (QED) is 0.348. The molecule has 1 aromatic carbocycles. The first-order valence-corrected chi connectivity index (χ1v) is 5.65. The lowest BCUT2D eigenvalue weighted by atomic mass is 10.3. The van der Waals surface area contributed by atoms with E-state index in [1.807, 2.05) is 13.0 Å². The molecule has 0 aliphatic heterocycles. The molecule has 16 heavy (non-hydrogen) atoms. The molecule has 0 unspecified atom stereocenters. The lowest BCUT2D eigenvalue weighted by Crippen LogP contribution is -2.16. The van der Waals surface area contributed by atoms with E-state index < -0.39 is 10.4 Å². The van der Waals surface area contributed by atoms with Gasteiger partial charge in [0.25, 0.3) is 0 Å². The molecule has 0 atom stereocenters. The van der Waals surface area contributed by atoms with Gasteiger partial charge in [-0.15, -0.1) is 0 Å². The van der Waals surface area contributed by atoms with Gasteiger partial charge in [-0.3, -0.25) is 19.4 Å². The maximum absolute atomic E-state index is 9.23. The van der Waals surface area contributed by atoms with Crippen molar-refractivity contribution in [1.82, 2.24) is 0 Å². The molecule has 1 aromatic rings. The van der Waals surface area contributed by atoms with Crippen LogP contribution in [-0.4, -0.2) is 29.3 Å². The molecule has 92 valence electrons. The van der Waals surface area contributed by atoms with E-state index in [0.717, 1.165) is 10.8 Å². The molecule has 0 aromatic heterocycles. The minimum Gasteiger partial charge on any atom is -0.399 e. The highest BCUT2D eigenvalue weighted by atomic mass is 32.3. The first-order chi connectivity index (χ1) is 7.24. The minimum atomic E-state index is -4.67. The van der Waals surface area contributed by atoms with Crippen LogP contribution in [0.4, 0.5) is 11.4 Å². The van der Waals surface area contributed by atoms with Crippen LogP contribution < -0.4 is 10.8 Å². The van der Waals surface area contributed by atoms with E-state index in [1.165, 1.54) is 0 Å². The zero-order valence-electron chi connectivity index (χ0n) is 8.61. The Morgan fingerprint density at radius 3 is 2.25 bits per heavy atom. The topological polar surface area (TPSA) is 124 Å². The van der Waals surface area contributed by atoms with Gasteiger partial charge in [-0.05, 0) is 25.1 Å². The third-order valence-electron chi connectivity index (χ3n) is 1.47. The summed E-state index contributed by atoms with van der Waals surface area (Å²) in [6.45, 7) is 2.42. The minimum absolute atomic E-state index is 0.559. The van der Waals surface area contributed by atoms with E-state index in [-0.39, 0.29) is 0 Å². The van der Waals surface area contributed by atoms with E-state index >= 15 is 0 Å². The van der Waals surface area contributed by atoms with Crippen LogP contribution >= 0.6 is 0 Å². The van der Waals surface area contributed by atoms with E-state index in [4.69, 9.17) is 23.3 Å². The third kappa shape index (κ3) is 8.00. The molecule has 5 N–H and O–H groups in total. The summed E-state index contributed by atoms with van der Waals surface area (Å²) in [5.41, 5.74) is 6.90. The average molecular weight is 250 g/mol. The lowest BCUT2D eigenvalue weighted by molar-refractivity contribution is 0.260. The van der Waals surface area contributed by atoms with Crippen LogP contribution in [0, 0.1) is 0 Å². The van der Waals surface area contributed by atoms with Crippen LogP contribution in [-0.2, 0) is 10.4 Å². The maximum Gasteiger partial charge on any atom is 0.394 e. The third-order valence-corrected chi connectivity index (χ3v) is 1.47. The van der Waals surface area contributed by atoms with E-state index in [9.17, 15) is 5.21 Å². The van der Waals surface area contributed by atoms with Crippen molar-refractivity contribution in [3.8, 4) is 0 Å². The van der Waals surface area contributed by atoms with Crippen LogP contribution in [0.25, 0.3) is 0 Å². The van der Waals surface area contributed by atoms with Gasteiger partial charge >= 0.3 is 10.4 Å². The van der Waals surface area contributed by atoms with Crippen molar-refractivity contribution >= 4 is 21.8 Å². The van der Waals surface area contributed by atoms with Gasteiger partial charge < -0.3 is 5.73 Å². The highest BCUT2D eigenvalue weighted by molar-refractivity contribution is 7.79. The molecular weight excluding hydrogens is 236 g/mol. The van der Waals surface area contributed by atoms with Gasteiger partial charge in [0.15, 0.2) is 0 Å². The predicted molar refractivity (Wildman–Crippen MR) is 59.8 cm³/mol. The van der Waals surface area contributed by atoms with Crippen LogP contribution in [0.15, 0.2) is 24.3 Å². The number of rotatable bonds is 2. The van der Waals surface area contributed by atoms with Crippen molar-refractivity contribution in [2.75, 3.05) is 17.3 Å². The summed E-state index contributed by atoms with van der Waals surface area (Å²) in [4.78, 5) is 0. The predicted octanol–water partition coefficient (Wildman–Crippen LogP) is 0.831. The second-order valence-electron chi connectivity index (χ2n) is 2.76. The summed E-state index contributed by atoms with van der Waals surface area (Å²) in [6, 6.07) is 7.12. The smallest absolute Gasteiger partial charge is 0.394 e. The Kier molecular flexibility index (Phi) is 5.75. The molecule has 7 nitrogen and oxygen atoms in total. The second-order valence-corrected chi connectivity index (χ2v) is 3.65. The molecule has 0 fully saturated rings. The molecule has 0 aliphatic rings. The van der Waals surface area contributed by atoms with Crippen LogP contribution in [0.3, 0.4) is 0 Å². The Morgan fingerprint density at radius 1 is 1.38 bits per heavy atom. The maximum atomic E-state index is 9.23. The molecule has 1 rings (SSSR count). The summed E-state index contributed by atoms with van der Waals surface area (Å²) in [5.74, 6) is 0. The van der Waals surface area contributed by atoms with Gasteiger partial charge in [0.05, 0.1) is 5.69 Å². The van der Waals surface area contributed by atoms with Gasteiger partial charge in [-0.25, -0.2) is 0 Å². The van der Waals surface area contributed by atoms with Gasteiger partial charge in [0.2, 0.25) is 0 Å². The van der Waals surface area contributed by atoms with Crippen molar-refractivity contribution in [3.63, 3.8) is 0 Å². The first-order valence-electron chi connectivity index (χ1n) is 4.26. The lowest BCUT2D eigenvalue weighted by Gasteiger charge is -2.13. The van der Waals surface area contributed by atoms with Crippen LogP contribution in [0.1, 0.15) is 6.92 Å². The summed E-state index contributed by atoms with van der Waals surface area (Å²) < 4.78 is 31.6. The van der Waals surface area contributed by atoms with Gasteiger partial charge in [-0.1, -0.05) is 6.07 Å². The van der Waals surface area contributed by atoms with E-state index in [0.29, 0.717) is 12.2 Å². The fraction of sp³-hybridized carbons (Fsp3) is 0.250. The summed E-state index contributed by atoms with van der Waals surface area (Å²) >= 11 is 0. The van der Waals surface area contributed by atoms with Gasteiger partial charge in [0, 0.05) is 12.2 Å². The van der Waals surface area contributed by atoms with E-state index in [2.05, 4.69) is 0 Å².